The average molecular weight is 516 g/mol. The molecule has 0 spiro atoms. The number of ether oxygens (including phenoxy) is 4. The Labute approximate surface area is 218 Å². The highest BCUT2D eigenvalue weighted by Gasteiger charge is 2.48. The van der Waals surface area contributed by atoms with Crippen molar-refractivity contribution < 1.29 is 33.6 Å². The van der Waals surface area contributed by atoms with Crippen molar-refractivity contribution in [1.29, 1.82) is 0 Å². The van der Waals surface area contributed by atoms with Crippen LogP contribution in [0.4, 0.5) is 5.95 Å². The van der Waals surface area contributed by atoms with E-state index in [-0.39, 0.29) is 22.8 Å². The predicted molar refractivity (Wildman–Crippen MR) is 140 cm³/mol. The number of H-pyrrole nitrogens is 1. The zero-order chi connectivity index (χ0) is 27.0. The molecule has 1 amide bonds. The van der Waals surface area contributed by atoms with E-state index in [9.17, 15) is 14.7 Å². The number of para-hydroxylation sites is 2. The third-order valence-corrected chi connectivity index (χ3v) is 6.43. The first-order valence-electron chi connectivity index (χ1n) is 11.6. The summed E-state index contributed by atoms with van der Waals surface area (Å²) in [5.41, 5.74) is 1.97. The molecular formula is C28H25N3O7. The molecule has 4 aromatic rings. The molecule has 1 fully saturated rings. The number of anilines is 1. The van der Waals surface area contributed by atoms with E-state index in [1.54, 1.807) is 36.4 Å². The molecule has 5 rings (SSSR count). The van der Waals surface area contributed by atoms with Crippen LogP contribution in [0.1, 0.15) is 17.2 Å². The predicted octanol–water partition coefficient (Wildman–Crippen LogP) is 4.22. The number of hydrogen-bond acceptors (Lipinski definition) is 8. The summed E-state index contributed by atoms with van der Waals surface area (Å²) >= 11 is 0. The number of fused-ring (bicyclic) bond motifs is 1. The van der Waals surface area contributed by atoms with Crippen molar-refractivity contribution in [3.63, 3.8) is 0 Å². The van der Waals surface area contributed by atoms with E-state index in [4.69, 9.17) is 18.9 Å². The maximum absolute atomic E-state index is 13.5. The number of ketones is 1. The first-order valence-corrected chi connectivity index (χ1v) is 11.6. The summed E-state index contributed by atoms with van der Waals surface area (Å²) in [7, 11) is 5.95. The molecule has 0 aliphatic carbocycles. The molecule has 3 aromatic carbocycles. The summed E-state index contributed by atoms with van der Waals surface area (Å²) in [5.74, 6) is -0.248. The molecule has 0 radical (unpaired) electrons. The van der Waals surface area contributed by atoms with E-state index in [2.05, 4.69) is 9.97 Å². The van der Waals surface area contributed by atoms with Gasteiger partial charge in [0.25, 0.3) is 5.78 Å². The highest BCUT2D eigenvalue weighted by atomic mass is 16.5. The molecule has 1 saturated heterocycles. The Bertz CT molecular complexity index is 1560. The lowest BCUT2D eigenvalue weighted by molar-refractivity contribution is -0.132. The normalized spacial score (nSPS) is 16.6. The maximum Gasteiger partial charge on any atom is 0.302 e. The van der Waals surface area contributed by atoms with Gasteiger partial charge in [-0.2, -0.15) is 0 Å². The number of methoxy groups -OCH3 is 4. The van der Waals surface area contributed by atoms with E-state index in [0.717, 1.165) is 0 Å². The summed E-state index contributed by atoms with van der Waals surface area (Å²) < 4.78 is 21.5. The molecule has 194 valence electrons. The topological polar surface area (TPSA) is 123 Å². The number of benzene rings is 3. The summed E-state index contributed by atoms with van der Waals surface area (Å²) in [5, 5.41) is 11.5. The van der Waals surface area contributed by atoms with Crippen molar-refractivity contribution in [3.8, 4) is 23.0 Å². The molecule has 1 unspecified atom stereocenters. The van der Waals surface area contributed by atoms with Gasteiger partial charge in [0.05, 0.1) is 51.1 Å². The Morgan fingerprint density at radius 3 is 2.13 bits per heavy atom. The molecular weight excluding hydrogens is 490 g/mol. The fourth-order valence-electron chi connectivity index (χ4n) is 4.58. The van der Waals surface area contributed by atoms with Crippen LogP contribution in [0.25, 0.3) is 16.8 Å². The number of aliphatic hydroxyl groups is 1. The van der Waals surface area contributed by atoms with Crippen LogP contribution in [0, 0.1) is 0 Å². The number of amides is 1. The van der Waals surface area contributed by atoms with Crippen LogP contribution in [0.3, 0.4) is 0 Å². The molecule has 1 aliphatic rings. The van der Waals surface area contributed by atoms with Crippen LogP contribution < -0.4 is 23.8 Å². The molecule has 1 atom stereocenters. The van der Waals surface area contributed by atoms with Crippen molar-refractivity contribution in [3.05, 3.63) is 77.4 Å². The number of nitrogens with one attached hydrogen (secondary N) is 1. The lowest BCUT2D eigenvalue weighted by Crippen LogP contribution is -2.30. The minimum atomic E-state index is -1.02. The van der Waals surface area contributed by atoms with Crippen LogP contribution in [0.5, 0.6) is 23.0 Å². The summed E-state index contributed by atoms with van der Waals surface area (Å²) in [6.07, 6.45) is 0. The molecule has 2 N–H and O–H groups in total. The number of aromatic amines is 1. The molecule has 2 heterocycles. The highest BCUT2D eigenvalue weighted by Crippen LogP contribution is 2.44. The van der Waals surface area contributed by atoms with Gasteiger partial charge < -0.3 is 29.0 Å². The SMILES string of the molecule is COc1ccc(/C(O)=C2\C(=O)C(=O)N(c3nc4ccccc4[nH]3)C2c2ccc(OC)c(OC)c2)cc1OC. The number of aromatic nitrogens is 2. The van der Waals surface area contributed by atoms with Crippen molar-refractivity contribution >= 4 is 34.4 Å². The minimum Gasteiger partial charge on any atom is -0.507 e. The van der Waals surface area contributed by atoms with E-state index < -0.39 is 17.7 Å². The fraction of sp³-hybridized carbons (Fsp3) is 0.179. The van der Waals surface area contributed by atoms with Gasteiger partial charge in [0, 0.05) is 5.56 Å². The first-order chi connectivity index (χ1) is 18.4. The van der Waals surface area contributed by atoms with Crippen molar-refractivity contribution in [1.82, 2.24) is 9.97 Å². The zero-order valence-electron chi connectivity index (χ0n) is 21.1. The van der Waals surface area contributed by atoms with E-state index in [0.29, 0.717) is 39.6 Å². The second kappa shape index (κ2) is 9.81. The quantitative estimate of drug-likeness (QED) is 0.213. The third kappa shape index (κ3) is 3.96. The number of nitrogens with zero attached hydrogens (tertiary/aromatic N) is 2. The fourth-order valence-corrected chi connectivity index (χ4v) is 4.58. The van der Waals surface area contributed by atoms with Gasteiger partial charge >= 0.3 is 5.91 Å². The van der Waals surface area contributed by atoms with Crippen LogP contribution in [-0.2, 0) is 9.59 Å². The number of aliphatic hydroxyl groups excluding tert-OH is 1. The lowest BCUT2D eigenvalue weighted by atomic mass is 9.95. The Morgan fingerprint density at radius 1 is 0.842 bits per heavy atom. The Kier molecular flexibility index (Phi) is 6.38. The summed E-state index contributed by atoms with van der Waals surface area (Å²) in [6.45, 7) is 0. The monoisotopic (exact) mass is 515 g/mol. The van der Waals surface area contributed by atoms with Gasteiger partial charge in [-0.15, -0.1) is 0 Å². The minimum absolute atomic E-state index is 0.116. The van der Waals surface area contributed by atoms with Crippen molar-refractivity contribution in [2.45, 2.75) is 6.04 Å². The molecule has 10 heteroatoms. The van der Waals surface area contributed by atoms with Crippen LogP contribution in [-0.4, -0.2) is 55.2 Å². The smallest absolute Gasteiger partial charge is 0.302 e. The largest absolute Gasteiger partial charge is 0.507 e. The van der Waals surface area contributed by atoms with Gasteiger partial charge in [0.15, 0.2) is 23.0 Å². The molecule has 1 aliphatic heterocycles. The van der Waals surface area contributed by atoms with Crippen LogP contribution >= 0.6 is 0 Å². The summed E-state index contributed by atoms with van der Waals surface area (Å²) in [6, 6.07) is 16.0. The third-order valence-electron chi connectivity index (χ3n) is 6.43. The van der Waals surface area contributed by atoms with Crippen molar-refractivity contribution in [2.75, 3.05) is 33.3 Å². The number of imidazole rings is 1. The molecule has 0 saturated carbocycles. The molecule has 1 aromatic heterocycles. The van der Waals surface area contributed by atoms with Crippen molar-refractivity contribution in [2.24, 2.45) is 0 Å². The number of carbonyl (C=O) groups excluding carboxylic acids is 2. The zero-order valence-corrected chi connectivity index (χ0v) is 21.1. The molecule has 0 bridgehead atoms. The second-order valence-electron chi connectivity index (χ2n) is 8.43. The van der Waals surface area contributed by atoms with Gasteiger partial charge in [-0.3, -0.25) is 14.5 Å². The van der Waals surface area contributed by atoms with Crippen LogP contribution in [0.2, 0.25) is 0 Å². The van der Waals surface area contributed by atoms with Gasteiger partial charge in [-0.05, 0) is 48.0 Å². The van der Waals surface area contributed by atoms with Gasteiger partial charge in [0.1, 0.15) is 5.76 Å². The van der Waals surface area contributed by atoms with Crippen LogP contribution in [0.15, 0.2) is 66.2 Å². The Balaban J connectivity index is 1.74. The second-order valence-corrected chi connectivity index (χ2v) is 8.43. The van der Waals surface area contributed by atoms with E-state index in [1.807, 2.05) is 18.2 Å². The summed E-state index contributed by atoms with van der Waals surface area (Å²) in [4.78, 5) is 35.9. The average Bonchev–Trinajstić information content (AvgIpc) is 3.49. The Morgan fingerprint density at radius 2 is 1.47 bits per heavy atom. The first kappa shape index (κ1) is 24.7. The number of rotatable bonds is 7. The highest BCUT2D eigenvalue weighted by molar-refractivity contribution is 6.51. The Hall–Kier alpha value is -4.99. The number of carbonyl (C=O) groups is 2. The standard InChI is InChI=1S/C28H25N3O7/c1-35-19-11-9-15(13-21(19)37-3)24-23(25(32)16-10-12-20(36-2)22(14-16)38-4)26(33)27(34)31(24)28-29-17-7-5-6-8-18(17)30-28/h5-14,24,32H,1-4H3,(H,29,30)/b25-23+. The number of hydrogen-bond donors (Lipinski definition) is 2. The maximum atomic E-state index is 13.5. The van der Waals surface area contributed by atoms with E-state index in [1.165, 1.54) is 39.4 Å². The van der Waals surface area contributed by atoms with Gasteiger partial charge in [-0.25, -0.2) is 4.98 Å². The molecule has 10 nitrogen and oxygen atoms in total. The lowest BCUT2D eigenvalue weighted by Gasteiger charge is -2.24. The number of Topliss-reactive ketones (excluding diaryl/α,β-unsaturated/α-hetero) is 1. The van der Waals surface area contributed by atoms with Gasteiger partial charge in [-0.1, -0.05) is 18.2 Å². The van der Waals surface area contributed by atoms with E-state index >= 15 is 0 Å². The van der Waals surface area contributed by atoms with Gasteiger partial charge in [0.2, 0.25) is 5.95 Å². The molecule has 38 heavy (non-hydrogen) atoms.